The van der Waals surface area contributed by atoms with Crippen molar-refractivity contribution >= 4 is 41.4 Å². The monoisotopic (exact) mass is 391 g/mol. The molecule has 0 aliphatic carbocycles. The molecule has 0 heterocycles. The van der Waals surface area contributed by atoms with Gasteiger partial charge in [-0.3, -0.25) is 19.2 Å². The van der Waals surface area contributed by atoms with Crippen LogP contribution in [-0.2, 0) is 24.0 Å². The Morgan fingerprint density at radius 3 is 2.00 bits per heavy atom. The van der Waals surface area contributed by atoms with Crippen LogP contribution in [0.2, 0.25) is 0 Å². The fourth-order valence-corrected chi connectivity index (χ4v) is 2.38. The molecule has 12 heteroatoms. The van der Waals surface area contributed by atoms with Crippen LogP contribution in [0.1, 0.15) is 25.7 Å². The first-order chi connectivity index (χ1) is 12.1. The Morgan fingerprint density at radius 1 is 0.962 bits per heavy atom. The van der Waals surface area contributed by atoms with Crippen LogP contribution in [0, 0.1) is 0 Å². The van der Waals surface area contributed by atoms with Crippen LogP contribution in [0.4, 0.5) is 0 Å². The van der Waals surface area contributed by atoms with Gasteiger partial charge in [0.05, 0.1) is 12.5 Å². The lowest BCUT2D eigenvalue weighted by Gasteiger charge is -2.22. The van der Waals surface area contributed by atoms with Gasteiger partial charge >= 0.3 is 5.97 Å². The molecular weight excluding hydrogens is 366 g/mol. The number of carbonyl (C=O) groups excluding carboxylic acids is 4. The summed E-state index contributed by atoms with van der Waals surface area (Å²) in [6, 6.07) is -3.66. The van der Waals surface area contributed by atoms with E-state index in [0.29, 0.717) is 5.75 Å². The minimum atomic E-state index is -1.27. The van der Waals surface area contributed by atoms with E-state index in [1.807, 2.05) is 0 Å². The first-order valence-electron chi connectivity index (χ1n) is 7.73. The summed E-state index contributed by atoms with van der Waals surface area (Å²) < 4.78 is 0. The minimum Gasteiger partial charge on any atom is -0.480 e. The Kier molecular flexibility index (Phi) is 11.0. The molecule has 148 valence electrons. The van der Waals surface area contributed by atoms with Crippen molar-refractivity contribution in [1.29, 1.82) is 0 Å². The Morgan fingerprint density at radius 2 is 1.54 bits per heavy atom. The highest BCUT2D eigenvalue weighted by atomic mass is 32.2. The third-order valence-corrected chi connectivity index (χ3v) is 3.94. The smallest absolute Gasteiger partial charge is 0.326 e. The number of aliphatic carboxylic acids is 1. The minimum absolute atomic E-state index is 0.148. The molecule has 0 rings (SSSR count). The number of nitrogens with two attached hydrogens (primary N) is 3. The lowest BCUT2D eigenvalue weighted by molar-refractivity contribution is -0.142. The molecule has 0 aromatic rings. The number of nitrogens with one attached hydrogen (secondary N) is 2. The number of hydrogen-bond donors (Lipinski definition) is 6. The summed E-state index contributed by atoms with van der Waals surface area (Å²) in [7, 11) is 0. The van der Waals surface area contributed by atoms with Gasteiger partial charge in [-0.05, 0) is 24.9 Å². The van der Waals surface area contributed by atoms with Crippen LogP contribution in [0.15, 0.2) is 0 Å². The van der Waals surface area contributed by atoms with E-state index in [-0.39, 0.29) is 19.3 Å². The maximum Gasteiger partial charge on any atom is 0.326 e. The van der Waals surface area contributed by atoms with Crippen molar-refractivity contribution in [2.45, 2.75) is 43.8 Å². The molecule has 3 atom stereocenters. The van der Waals surface area contributed by atoms with Gasteiger partial charge in [0.25, 0.3) is 0 Å². The number of rotatable bonds is 13. The van der Waals surface area contributed by atoms with Crippen LogP contribution in [-0.4, -0.2) is 64.8 Å². The molecule has 0 aromatic carbocycles. The predicted molar refractivity (Wildman–Crippen MR) is 94.7 cm³/mol. The third-order valence-electron chi connectivity index (χ3n) is 3.30. The second-order valence-corrected chi connectivity index (χ2v) is 6.51. The molecule has 0 saturated carbocycles. The van der Waals surface area contributed by atoms with Gasteiger partial charge in [0.2, 0.25) is 23.6 Å². The van der Waals surface area contributed by atoms with Crippen molar-refractivity contribution in [1.82, 2.24) is 10.6 Å². The van der Waals surface area contributed by atoms with Gasteiger partial charge in [0.15, 0.2) is 0 Å². The topological polar surface area (TPSA) is 208 Å². The van der Waals surface area contributed by atoms with Crippen LogP contribution in [0.5, 0.6) is 0 Å². The highest BCUT2D eigenvalue weighted by molar-refractivity contribution is 7.98. The zero-order valence-electron chi connectivity index (χ0n) is 14.4. The van der Waals surface area contributed by atoms with Crippen molar-refractivity contribution in [2.75, 3.05) is 12.0 Å². The van der Waals surface area contributed by atoms with Gasteiger partial charge in [-0.1, -0.05) is 0 Å². The molecule has 0 bridgehead atoms. The summed E-state index contributed by atoms with van der Waals surface area (Å²) in [6.45, 7) is 0. The normalized spacial score (nSPS) is 13.9. The quantitative estimate of drug-likeness (QED) is 0.193. The lowest BCUT2D eigenvalue weighted by Crippen LogP contribution is -2.55. The second kappa shape index (κ2) is 12.1. The SMILES string of the molecule is CSCCC(NC(=O)C(CCC(N)=O)NC(=O)C(N)CC(N)=O)C(=O)O. The molecule has 26 heavy (non-hydrogen) atoms. The van der Waals surface area contributed by atoms with Crippen molar-refractivity contribution in [2.24, 2.45) is 17.2 Å². The molecule has 0 spiro atoms. The number of amides is 4. The lowest BCUT2D eigenvalue weighted by atomic mass is 10.1. The average molecular weight is 391 g/mol. The number of carboxylic acid groups (broad SMARTS) is 1. The molecule has 0 saturated heterocycles. The molecule has 0 radical (unpaired) electrons. The van der Waals surface area contributed by atoms with Gasteiger partial charge < -0.3 is 32.9 Å². The Balaban J connectivity index is 5.05. The number of carbonyl (C=O) groups is 5. The van der Waals surface area contributed by atoms with E-state index in [4.69, 9.17) is 22.3 Å². The first-order valence-corrected chi connectivity index (χ1v) is 9.12. The molecule has 4 amide bonds. The Bertz CT molecular complexity index is 544. The number of thioether (sulfide) groups is 1. The summed E-state index contributed by atoms with van der Waals surface area (Å²) in [5.74, 6) is -3.84. The van der Waals surface area contributed by atoms with Crippen LogP contribution >= 0.6 is 11.8 Å². The largest absolute Gasteiger partial charge is 0.480 e. The zero-order chi connectivity index (χ0) is 20.3. The van der Waals surface area contributed by atoms with Crippen LogP contribution in [0.3, 0.4) is 0 Å². The van der Waals surface area contributed by atoms with Gasteiger partial charge in [-0.25, -0.2) is 4.79 Å². The summed E-state index contributed by atoms with van der Waals surface area (Å²) in [4.78, 5) is 57.3. The second-order valence-electron chi connectivity index (χ2n) is 5.52. The Labute approximate surface area is 154 Å². The van der Waals surface area contributed by atoms with E-state index in [2.05, 4.69) is 10.6 Å². The van der Waals surface area contributed by atoms with E-state index >= 15 is 0 Å². The van der Waals surface area contributed by atoms with Crippen LogP contribution in [0.25, 0.3) is 0 Å². The summed E-state index contributed by atoms with van der Waals surface area (Å²) >= 11 is 1.41. The van der Waals surface area contributed by atoms with E-state index < -0.39 is 54.1 Å². The van der Waals surface area contributed by atoms with E-state index in [1.165, 1.54) is 11.8 Å². The van der Waals surface area contributed by atoms with Gasteiger partial charge in [0.1, 0.15) is 12.1 Å². The molecule has 0 aliphatic heterocycles. The maximum atomic E-state index is 12.3. The van der Waals surface area contributed by atoms with Gasteiger partial charge in [0, 0.05) is 6.42 Å². The first kappa shape index (κ1) is 23.7. The van der Waals surface area contributed by atoms with Crippen LogP contribution < -0.4 is 27.8 Å². The number of hydrogen-bond acceptors (Lipinski definition) is 7. The summed E-state index contributed by atoms with van der Waals surface area (Å²) in [5, 5.41) is 13.8. The fraction of sp³-hybridized carbons (Fsp3) is 0.643. The molecule has 11 nitrogen and oxygen atoms in total. The van der Waals surface area contributed by atoms with Crippen molar-refractivity contribution in [3.63, 3.8) is 0 Å². The standard InChI is InChI=1S/C14H25N5O6S/c1-26-5-4-9(14(24)25)19-13(23)8(2-3-10(16)20)18-12(22)7(15)6-11(17)21/h7-9H,2-6,15H2,1H3,(H2,16,20)(H2,17,21)(H,18,22)(H,19,23)(H,24,25). The maximum absolute atomic E-state index is 12.3. The average Bonchev–Trinajstić information content (AvgIpc) is 2.53. The predicted octanol–water partition coefficient (Wildman–Crippen LogP) is -2.74. The summed E-state index contributed by atoms with van der Waals surface area (Å²) in [5.41, 5.74) is 15.5. The van der Waals surface area contributed by atoms with Gasteiger partial charge in [-0.15, -0.1) is 0 Å². The highest BCUT2D eigenvalue weighted by Crippen LogP contribution is 2.04. The molecule has 0 fully saturated rings. The molecule has 9 N–H and O–H groups in total. The van der Waals surface area contributed by atoms with Crippen molar-refractivity contribution in [3.05, 3.63) is 0 Å². The van der Waals surface area contributed by atoms with E-state index in [0.717, 1.165) is 0 Å². The van der Waals surface area contributed by atoms with Gasteiger partial charge in [-0.2, -0.15) is 11.8 Å². The highest BCUT2D eigenvalue weighted by Gasteiger charge is 2.28. The molecule has 0 aromatic heterocycles. The van der Waals surface area contributed by atoms with Crippen molar-refractivity contribution < 1.29 is 29.1 Å². The molecular formula is C14H25N5O6S. The number of carboxylic acids is 1. The molecule has 3 unspecified atom stereocenters. The zero-order valence-corrected chi connectivity index (χ0v) is 15.2. The van der Waals surface area contributed by atoms with Crippen molar-refractivity contribution in [3.8, 4) is 0 Å². The molecule has 0 aliphatic rings. The van der Waals surface area contributed by atoms with E-state index in [9.17, 15) is 24.0 Å². The van der Waals surface area contributed by atoms with E-state index in [1.54, 1.807) is 6.26 Å². The fourth-order valence-electron chi connectivity index (χ4n) is 1.91. The number of primary amides is 2. The third kappa shape index (κ3) is 9.84. The Hall–Kier alpha value is -2.34. The summed E-state index contributed by atoms with van der Waals surface area (Å²) in [6.07, 6.45) is 1.18.